The van der Waals surface area contributed by atoms with Crippen LogP contribution in [-0.4, -0.2) is 44.3 Å². The summed E-state index contributed by atoms with van der Waals surface area (Å²) in [6.07, 6.45) is 3.25. The minimum atomic E-state index is -0.217. The first-order valence-corrected chi connectivity index (χ1v) is 10.0. The van der Waals surface area contributed by atoms with Crippen LogP contribution in [-0.2, 0) is 4.74 Å². The summed E-state index contributed by atoms with van der Waals surface area (Å²) < 4.78 is 5.72. The number of hydrogen-bond acceptors (Lipinski definition) is 3. The molecule has 2 aromatic carbocycles. The lowest BCUT2D eigenvalue weighted by Crippen LogP contribution is -2.33. The molecule has 1 fully saturated rings. The number of piperidine rings is 1. The van der Waals surface area contributed by atoms with Crippen LogP contribution in [0, 0.1) is 5.92 Å². The quantitative estimate of drug-likeness (QED) is 0.862. The predicted molar refractivity (Wildman–Crippen MR) is 108 cm³/mol. The van der Waals surface area contributed by atoms with Crippen molar-refractivity contribution in [3.8, 4) is 11.1 Å². The topological polar surface area (TPSA) is 41.6 Å². The first-order chi connectivity index (χ1) is 13.2. The molecule has 142 valence electrons. The van der Waals surface area contributed by atoms with E-state index in [0.29, 0.717) is 6.61 Å². The number of benzene rings is 2. The van der Waals surface area contributed by atoms with E-state index in [1.165, 1.54) is 35.1 Å². The van der Waals surface area contributed by atoms with E-state index in [9.17, 15) is 4.79 Å². The summed E-state index contributed by atoms with van der Waals surface area (Å²) in [6.45, 7) is 3.35. The van der Waals surface area contributed by atoms with Crippen molar-refractivity contribution in [2.45, 2.75) is 25.2 Å². The standard InChI is InChI=1S/C23H28N2O2/c1-25(15-12-17-10-13-24-14-11-17)23(26)27-16-22-20-8-4-2-6-18(20)19-7-3-5-9-21(19)22/h2-9,17,22,24H,10-16H2,1H3. The van der Waals surface area contributed by atoms with Crippen molar-refractivity contribution in [1.29, 1.82) is 0 Å². The minimum absolute atomic E-state index is 0.124. The Morgan fingerprint density at radius 1 is 1.04 bits per heavy atom. The second-order valence-corrected chi connectivity index (χ2v) is 7.71. The monoisotopic (exact) mass is 364 g/mol. The first kappa shape index (κ1) is 18.1. The lowest BCUT2D eigenvalue weighted by molar-refractivity contribution is 0.106. The predicted octanol–water partition coefficient (Wildman–Crippen LogP) is 4.26. The zero-order valence-electron chi connectivity index (χ0n) is 16.0. The Labute approximate surface area is 161 Å². The number of carbonyl (C=O) groups excluding carboxylic acids is 1. The summed E-state index contributed by atoms with van der Waals surface area (Å²) in [5, 5.41) is 3.39. The van der Waals surface area contributed by atoms with Crippen LogP contribution in [0.15, 0.2) is 48.5 Å². The molecule has 0 radical (unpaired) electrons. The Balaban J connectivity index is 1.36. The number of carbonyl (C=O) groups is 1. The van der Waals surface area contributed by atoms with E-state index in [-0.39, 0.29) is 12.0 Å². The van der Waals surface area contributed by atoms with Crippen molar-refractivity contribution in [1.82, 2.24) is 10.2 Å². The molecular weight excluding hydrogens is 336 g/mol. The lowest BCUT2D eigenvalue weighted by Gasteiger charge is -2.25. The van der Waals surface area contributed by atoms with Crippen molar-refractivity contribution in [3.05, 3.63) is 59.7 Å². The molecule has 1 aliphatic carbocycles. The molecule has 1 aliphatic heterocycles. The molecule has 1 saturated heterocycles. The van der Waals surface area contributed by atoms with Crippen molar-refractivity contribution in [2.24, 2.45) is 5.92 Å². The van der Waals surface area contributed by atoms with Gasteiger partial charge in [0.2, 0.25) is 0 Å². The Bertz CT molecular complexity index is 753. The van der Waals surface area contributed by atoms with E-state index in [1.54, 1.807) is 4.90 Å². The van der Waals surface area contributed by atoms with Gasteiger partial charge in [-0.05, 0) is 60.5 Å². The van der Waals surface area contributed by atoms with Gasteiger partial charge in [-0.1, -0.05) is 48.5 Å². The van der Waals surface area contributed by atoms with Crippen LogP contribution in [0.2, 0.25) is 0 Å². The van der Waals surface area contributed by atoms with Crippen molar-refractivity contribution in [3.63, 3.8) is 0 Å². The van der Waals surface area contributed by atoms with Gasteiger partial charge < -0.3 is 15.0 Å². The van der Waals surface area contributed by atoms with Gasteiger partial charge in [-0.25, -0.2) is 4.79 Å². The largest absolute Gasteiger partial charge is 0.448 e. The van der Waals surface area contributed by atoms with Gasteiger partial charge >= 0.3 is 6.09 Å². The molecule has 0 spiro atoms. The average Bonchev–Trinajstić information content (AvgIpc) is 3.05. The number of nitrogens with zero attached hydrogens (tertiary/aromatic N) is 1. The van der Waals surface area contributed by atoms with Gasteiger partial charge in [0.1, 0.15) is 6.61 Å². The number of hydrogen-bond donors (Lipinski definition) is 1. The van der Waals surface area contributed by atoms with Crippen LogP contribution < -0.4 is 5.32 Å². The number of amides is 1. The first-order valence-electron chi connectivity index (χ1n) is 10.0. The van der Waals surface area contributed by atoms with Gasteiger partial charge in [-0.15, -0.1) is 0 Å². The Hall–Kier alpha value is -2.33. The molecule has 2 aromatic rings. The number of rotatable bonds is 5. The lowest BCUT2D eigenvalue weighted by atomic mass is 9.94. The molecule has 1 N–H and O–H groups in total. The van der Waals surface area contributed by atoms with Crippen LogP contribution >= 0.6 is 0 Å². The zero-order valence-corrected chi connectivity index (χ0v) is 16.0. The third-order valence-corrected chi connectivity index (χ3v) is 5.98. The van der Waals surface area contributed by atoms with E-state index in [2.05, 4.69) is 53.8 Å². The SMILES string of the molecule is CN(CCC1CCNCC1)C(=O)OCC1c2ccccc2-c2ccccc21. The molecule has 2 aliphatic rings. The molecule has 1 heterocycles. The molecular formula is C23H28N2O2. The van der Waals surface area contributed by atoms with Gasteiger partial charge in [0.25, 0.3) is 0 Å². The normalized spacial score (nSPS) is 16.6. The van der Waals surface area contributed by atoms with Crippen molar-refractivity contribution < 1.29 is 9.53 Å². The minimum Gasteiger partial charge on any atom is -0.448 e. The average molecular weight is 364 g/mol. The van der Waals surface area contributed by atoms with E-state index in [1.807, 2.05) is 7.05 Å². The molecule has 0 aromatic heterocycles. The Morgan fingerprint density at radius 3 is 2.26 bits per heavy atom. The summed E-state index contributed by atoms with van der Waals surface area (Å²) in [7, 11) is 1.85. The third kappa shape index (κ3) is 3.86. The second-order valence-electron chi connectivity index (χ2n) is 7.71. The highest BCUT2D eigenvalue weighted by Crippen LogP contribution is 2.44. The Morgan fingerprint density at radius 2 is 1.63 bits per heavy atom. The molecule has 27 heavy (non-hydrogen) atoms. The van der Waals surface area contributed by atoms with E-state index in [4.69, 9.17) is 4.74 Å². The fraction of sp³-hybridized carbons (Fsp3) is 0.435. The molecule has 4 heteroatoms. The van der Waals surface area contributed by atoms with Gasteiger partial charge in [-0.3, -0.25) is 0 Å². The third-order valence-electron chi connectivity index (χ3n) is 5.98. The highest BCUT2D eigenvalue weighted by atomic mass is 16.6. The second kappa shape index (κ2) is 8.13. The number of nitrogens with one attached hydrogen (secondary N) is 1. The van der Waals surface area contributed by atoms with E-state index >= 15 is 0 Å². The van der Waals surface area contributed by atoms with Crippen molar-refractivity contribution >= 4 is 6.09 Å². The summed E-state index contributed by atoms with van der Waals surface area (Å²) in [5.41, 5.74) is 5.02. The van der Waals surface area contributed by atoms with Crippen LogP contribution in [0.1, 0.15) is 36.3 Å². The van der Waals surface area contributed by atoms with Gasteiger partial charge in [0.05, 0.1) is 0 Å². The molecule has 4 rings (SSSR count). The number of fused-ring (bicyclic) bond motifs is 3. The van der Waals surface area contributed by atoms with Gasteiger partial charge in [0.15, 0.2) is 0 Å². The highest BCUT2D eigenvalue weighted by molar-refractivity contribution is 5.79. The van der Waals surface area contributed by atoms with Crippen LogP contribution in [0.4, 0.5) is 4.79 Å². The van der Waals surface area contributed by atoms with Gasteiger partial charge in [-0.2, -0.15) is 0 Å². The van der Waals surface area contributed by atoms with E-state index in [0.717, 1.165) is 32.0 Å². The summed E-state index contributed by atoms with van der Waals surface area (Å²) in [6, 6.07) is 16.9. The smallest absolute Gasteiger partial charge is 0.409 e. The summed E-state index contributed by atoms with van der Waals surface area (Å²) in [5.74, 6) is 0.842. The highest BCUT2D eigenvalue weighted by Gasteiger charge is 2.29. The van der Waals surface area contributed by atoms with Crippen molar-refractivity contribution in [2.75, 3.05) is 33.3 Å². The molecule has 0 atom stereocenters. The number of ether oxygens (including phenoxy) is 1. The van der Waals surface area contributed by atoms with Gasteiger partial charge in [0, 0.05) is 19.5 Å². The maximum Gasteiger partial charge on any atom is 0.409 e. The molecule has 4 nitrogen and oxygen atoms in total. The maximum absolute atomic E-state index is 12.5. The molecule has 0 saturated carbocycles. The van der Waals surface area contributed by atoms with Crippen LogP contribution in [0.5, 0.6) is 0 Å². The molecule has 0 unspecified atom stereocenters. The maximum atomic E-state index is 12.5. The van der Waals surface area contributed by atoms with Crippen LogP contribution in [0.25, 0.3) is 11.1 Å². The molecule has 1 amide bonds. The van der Waals surface area contributed by atoms with E-state index < -0.39 is 0 Å². The Kier molecular flexibility index (Phi) is 5.44. The van der Waals surface area contributed by atoms with Crippen LogP contribution in [0.3, 0.4) is 0 Å². The summed E-state index contributed by atoms with van der Waals surface area (Å²) in [4.78, 5) is 14.2. The molecule has 0 bridgehead atoms. The summed E-state index contributed by atoms with van der Waals surface area (Å²) >= 11 is 0. The fourth-order valence-electron chi connectivity index (χ4n) is 4.34. The fourth-order valence-corrected chi connectivity index (χ4v) is 4.34. The zero-order chi connectivity index (χ0) is 18.6.